The molecule has 0 bridgehead atoms. The third-order valence-electron chi connectivity index (χ3n) is 4.09. The van der Waals surface area contributed by atoms with Crippen LogP contribution in [0.25, 0.3) is 0 Å². The maximum atomic E-state index is 12.0. The molecule has 0 aliphatic heterocycles. The number of hydrogen-bond acceptors (Lipinski definition) is 4. The first-order valence-corrected chi connectivity index (χ1v) is 8.02. The van der Waals surface area contributed by atoms with Gasteiger partial charge in [0.15, 0.2) is 0 Å². The van der Waals surface area contributed by atoms with E-state index in [4.69, 9.17) is 0 Å². The molecule has 1 amide bonds. The van der Waals surface area contributed by atoms with Gasteiger partial charge in [0.1, 0.15) is 11.6 Å². The van der Waals surface area contributed by atoms with Crippen LogP contribution < -0.4 is 5.32 Å². The van der Waals surface area contributed by atoms with Crippen LogP contribution in [0.15, 0.2) is 0 Å². The minimum Gasteiger partial charge on any atom is -0.356 e. The molecule has 126 valence electrons. The SMILES string of the molecule is Cc1nc(C)n(CCCNC(=O)CCc2c(C)nn(C)c2C)n1. The molecule has 2 aromatic rings. The van der Waals surface area contributed by atoms with Crippen LogP contribution in [-0.4, -0.2) is 37.0 Å². The zero-order valence-electron chi connectivity index (χ0n) is 14.7. The number of nitrogens with zero attached hydrogens (tertiary/aromatic N) is 5. The highest BCUT2D eigenvalue weighted by atomic mass is 16.1. The van der Waals surface area contributed by atoms with Gasteiger partial charge in [0, 0.05) is 32.3 Å². The van der Waals surface area contributed by atoms with Crippen molar-refractivity contribution in [1.82, 2.24) is 29.9 Å². The predicted molar refractivity (Wildman–Crippen MR) is 88.1 cm³/mol. The number of carbonyl (C=O) groups is 1. The topological polar surface area (TPSA) is 77.6 Å². The Morgan fingerprint density at radius 1 is 1.17 bits per heavy atom. The molecular formula is C16H26N6O. The molecule has 0 atom stereocenters. The van der Waals surface area contributed by atoms with Gasteiger partial charge in [-0.15, -0.1) is 0 Å². The highest BCUT2D eigenvalue weighted by Crippen LogP contribution is 2.13. The smallest absolute Gasteiger partial charge is 0.220 e. The number of hydrogen-bond donors (Lipinski definition) is 1. The number of amides is 1. The number of aromatic nitrogens is 5. The fourth-order valence-electron chi connectivity index (χ4n) is 2.74. The minimum absolute atomic E-state index is 0.0825. The molecule has 7 heteroatoms. The van der Waals surface area contributed by atoms with E-state index in [1.165, 1.54) is 5.56 Å². The van der Waals surface area contributed by atoms with Crippen molar-refractivity contribution in [1.29, 1.82) is 0 Å². The number of aryl methyl sites for hydroxylation is 5. The van der Waals surface area contributed by atoms with Crippen molar-refractivity contribution in [2.24, 2.45) is 7.05 Å². The Balaban J connectivity index is 1.70. The Morgan fingerprint density at radius 2 is 1.91 bits per heavy atom. The second kappa shape index (κ2) is 7.39. The number of nitrogens with one attached hydrogen (secondary N) is 1. The number of rotatable bonds is 7. The molecule has 0 fully saturated rings. The largest absolute Gasteiger partial charge is 0.356 e. The van der Waals surface area contributed by atoms with Gasteiger partial charge in [0.25, 0.3) is 0 Å². The van der Waals surface area contributed by atoms with Gasteiger partial charge in [-0.3, -0.25) is 14.2 Å². The zero-order valence-corrected chi connectivity index (χ0v) is 14.7. The Labute approximate surface area is 137 Å². The monoisotopic (exact) mass is 318 g/mol. The van der Waals surface area contributed by atoms with Gasteiger partial charge in [-0.2, -0.15) is 10.2 Å². The van der Waals surface area contributed by atoms with Crippen LogP contribution in [0.3, 0.4) is 0 Å². The molecule has 1 N–H and O–H groups in total. The maximum Gasteiger partial charge on any atom is 0.220 e. The van der Waals surface area contributed by atoms with Crippen molar-refractivity contribution in [3.63, 3.8) is 0 Å². The van der Waals surface area contributed by atoms with E-state index >= 15 is 0 Å². The third kappa shape index (κ3) is 4.40. The molecule has 0 unspecified atom stereocenters. The highest BCUT2D eigenvalue weighted by Gasteiger charge is 2.11. The summed E-state index contributed by atoms with van der Waals surface area (Å²) in [7, 11) is 1.93. The van der Waals surface area contributed by atoms with Gasteiger partial charge >= 0.3 is 0 Å². The van der Waals surface area contributed by atoms with E-state index in [1.54, 1.807) is 0 Å². The maximum absolute atomic E-state index is 12.0. The second-order valence-corrected chi connectivity index (χ2v) is 5.91. The molecule has 0 aromatic carbocycles. The molecule has 23 heavy (non-hydrogen) atoms. The van der Waals surface area contributed by atoms with E-state index in [9.17, 15) is 4.79 Å². The van der Waals surface area contributed by atoms with Crippen LogP contribution in [0, 0.1) is 27.7 Å². The van der Waals surface area contributed by atoms with E-state index in [0.29, 0.717) is 13.0 Å². The van der Waals surface area contributed by atoms with Crippen molar-refractivity contribution in [2.45, 2.75) is 53.5 Å². The van der Waals surface area contributed by atoms with Crippen molar-refractivity contribution in [3.8, 4) is 0 Å². The van der Waals surface area contributed by atoms with Crippen molar-refractivity contribution < 1.29 is 4.79 Å². The lowest BCUT2D eigenvalue weighted by Crippen LogP contribution is -2.25. The quantitative estimate of drug-likeness (QED) is 0.783. The average Bonchev–Trinajstić information content (AvgIpc) is 2.92. The first-order valence-electron chi connectivity index (χ1n) is 8.02. The van der Waals surface area contributed by atoms with E-state index in [-0.39, 0.29) is 5.91 Å². The van der Waals surface area contributed by atoms with Crippen molar-refractivity contribution in [2.75, 3.05) is 6.54 Å². The lowest BCUT2D eigenvalue weighted by atomic mass is 10.1. The first-order chi connectivity index (χ1) is 10.9. The fourth-order valence-corrected chi connectivity index (χ4v) is 2.74. The lowest BCUT2D eigenvalue weighted by molar-refractivity contribution is -0.121. The van der Waals surface area contributed by atoms with Gasteiger partial charge in [0.2, 0.25) is 5.91 Å². The third-order valence-corrected chi connectivity index (χ3v) is 4.09. The molecule has 7 nitrogen and oxygen atoms in total. The molecule has 0 radical (unpaired) electrons. The van der Waals surface area contributed by atoms with E-state index in [1.807, 2.05) is 44.1 Å². The van der Waals surface area contributed by atoms with Crippen molar-refractivity contribution >= 4 is 5.91 Å². The average molecular weight is 318 g/mol. The Morgan fingerprint density at radius 3 is 2.48 bits per heavy atom. The van der Waals surface area contributed by atoms with Crippen LogP contribution in [0.1, 0.15) is 41.4 Å². The molecule has 2 rings (SSSR count). The molecular weight excluding hydrogens is 292 g/mol. The van der Waals surface area contributed by atoms with Gasteiger partial charge in [0.05, 0.1) is 5.69 Å². The summed E-state index contributed by atoms with van der Waals surface area (Å²) in [6, 6.07) is 0. The van der Waals surface area contributed by atoms with Crippen LogP contribution in [0.5, 0.6) is 0 Å². The second-order valence-electron chi connectivity index (χ2n) is 5.91. The minimum atomic E-state index is 0.0825. The summed E-state index contributed by atoms with van der Waals surface area (Å²) >= 11 is 0. The summed E-state index contributed by atoms with van der Waals surface area (Å²) in [6.07, 6.45) is 2.08. The molecule has 2 aromatic heterocycles. The normalized spacial score (nSPS) is 11.0. The highest BCUT2D eigenvalue weighted by molar-refractivity contribution is 5.76. The first kappa shape index (κ1) is 17.2. The van der Waals surface area contributed by atoms with Gasteiger partial charge < -0.3 is 5.32 Å². The zero-order chi connectivity index (χ0) is 17.0. The Kier molecular flexibility index (Phi) is 5.52. The molecule has 0 aliphatic rings. The summed E-state index contributed by atoms with van der Waals surface area (Å²) in [5, 5.41) is 11.7. The molecule has 0 spiro atoms. The molecule has 2 heterocycles. The van der Waals surface area contributed by atoms with Gasteiger partial charge in [-0.25, -0.2) is 4.98 Å². The van der Waals surface area contributed by atoms with E-state index in [2.05, 4.69) is 20.5 Å². The van der Waals surface area contributed by atoms with Crippen LogP contribution in [0.2, 0.25) is 0 Å². The van der Waals surface area contributed by atoms with Crippen molar-refractivity contribution in [3.05, 3.63) is 28.6 Å². The van der Waals surface area contributed by atoms with Gasteiger partial charge in [-0.1, -0.05) is 0 Å². The fraction of sp³-hybridized carbons (Fsp3) is 0.625. The molecule has 0 saturated carbocycles. The van der Waals surface area contributed by atoms with Gasteiger partial charge in [-0.05, 0) is 46.1 Å². The van der Waals surface area contributed by atoms with Crippen LogP contribution in [-0.2, 0) is 24.8 Å². The predicted octanol–water partition coefficient (Wildman–Crippen LogP) is 1.38. The number of carbonyl (C=O) groups excluding carboxylic acids is 1. The molecule has 0 aliphatic carbocycles. The van der Waals surface area contributed by atoms with E-state index < -0.39 is 0 Å². The summed E-state index contributed by atoms with van der Waals surface area (Å²) in [4.78, 5) is 16.2. The van der Waals surface area contributed by atoms with Crippen LogP contribution >= 0.6 is 0 Å². The standard InChI is InChI=1S/C16H26N6O/c1-11-15(12(2)21(5)19-11)7-8-16(23)17-9-6-10-22-14(4)18-13(3)20-22/h6-10H2,1-5H3,(H,17,23). The summed E-state index contributed by atoms with van der Waals surface area (Å²) in [5.74, 6) is 1.78. The summed E-state index contributed by atoms with van der Waals surface area (Å²) in [5.41, 5.74) is 3.32. The Hall–Kier alpha value is -2.18. The summed E-state index contributed by atoms with van der Waals surface area (Å²) in [6.45, 7) is 9.28. The molecule has 0 saturated heterocycles. The van der Waals surface area contributed by atoms with E-state index in [0.717, 1.165) is 42.4 Å². The lowest BCUT2D eigenvalue weighted by Gasteiger charge is -2.06. The van der Waals surface area contributed by atoms with Crippen LogP contribution in [0.4, 0.5) is 0 Å². The summed E-state index contributed by atoms with van der Waals surface area (Å²) < 4.78 is 3.74. The Bertz CT molecular complexity index is 685.